The van der Waals surface area contributed by atoms with Crippen LogP contribution in [0, 0.1) is 0 Å². The van der Waals surface area contributed by atoms with Crippen molar-refractivity contribution in [1.29, 1.82) is 0 Å². The molecule has 2 aromatic rings. The third kappa shape index (κ3) is 9.27. The minimum absolute atomic E-state index is 0.0100. The summed E-state index contributed by atoms with van der Waals surface area (Å²) in [6, 6.07) is 7.47. The molecule has 35 heavy (non-hydrogen) atoms. The van der Waals surface area contributed by atoms with Gasteiger partial charge in [-0.05, 0) is 71.9 Å². The van der Waals surface area contributed by atoms with Crippen LogP contribution in [-0.4, -0.2) is 32.4 Å². The summed E-state index contributed by atoms with van der Waals surface area (Å²) in [5, 5.41) is 40.4. The van der Waals surface area contributed by atoms with Gasteiger partial charge in [0.2, 0.25) is 0 Å². The second-order valence-electron chi connectivity index (χ2n) is 9.40. The molecule has 0 saturated heterocycles. The number of hydrogen-bond acceptors (Lipinski definition) is 4. The van der Waals surface area contributed by atoms with Crippen molar-refractivity contribution < 1.29 is 30.0 Å². The predicted octanol–water partition coefficient (Wildman–Crippen LogP) is 6.19. The maximum Gasteiger partial charge on any atom is 0.303 e. The van der Waals surface area contributed by atoms with E-state index in [2.05, 4.69) is 13.8 Å². The lowest BCUT2D eigenvalue weighted by atomic mass is 9.91. The maximum atomic E-state index is 11.1. The molecule has 0 radical (unpaired) electrons. The molecule has 192 valence electrons. The molecule has 2 rings (SSSR count). The van der Waals surface area contributed by atoms with E-state index >= 15 is 0 Å². The first-order valence-electron chi connectivity index (χ1n) is 12.9. The Labute approximate surface area is 208 Å². The van der Waals surface area contributed by atoms with Gasteiger partial charge in [0.15, 0.2) is 0 Å². The van der Waals surface area contributed by atoms with Crippen LogP contribution in [0.3, 0.4) is 0 Å². The Morgan fingerprint density at radius 1 is 0.600 bits per heavy atom. The molecule has 0 aromatic heterocycles. The fourth-order valence-electron chi connectivity index (χ4n) is 4.44. The highest BCUT2D eigenvalue weighted by Gasteiger charge is 2.16. The zero-order chi connectivity index (χ0) is 25.8. The smallest absolute Gasteiger partial charge is 0.303 e. The molecule has 0 atom stereocenters. The normalized spacial score (nSPS) is 11.0. The number of aliphatic carboxylic acids is 2. The van der Waals surface area contributed by atoms with E-state index in [4.69, 9.17) is 10.2 Å². The molecule has 6 nitrogen and oxygen atoms in total. The summed E-state index contributed by atoms with van der Waals surface area (Å²) in [7, 11) is 0. The van der Waals surface area contributed by atoms with Crippen LogP contribution in [0.4, 0.5) is 0 Å². The molecule has 0 aliphatic rings. The van der Waals surface area contributed by atoms with E-state index in [0.717, 1.165) is 60.8 Å². The van der Waals surface area contributed by atoms with E-state index in [-0.39, 0.29) is 24.3 Å². The molecule has 0 fully saturated rings. The van der Waals surface area contributed by atoms with Crippen molar-refractivity contribution in [2.24, 2.45) is 0 Å². The average molecular weight is 485 g/mol. The summed E-state index contributed by atoms with van der Waals surface area (Å²) in [6.45, 7) is 4.24. The molecule has 0 aliphatic carbocycles. The lowest BCUT2D eigenvalue weighted by Crippen LogP contribution is -2.03. The number of rotatable bonds is 16. The maximum absolute atomic E-state index is 11.1. The average Bonchev–Trinajstić information content (AvgIpc) is 2.81. The van der Waals surface area contributed by atoms with Crippen molar-refractivity contribution in [2.45, 2.75) is 97.3 Å². The zero-order valence-corrected chi connectivity index (χ0v) is 21.1. The van der Waals surface area contributed by atoms with Gasteiger partial charge in [-0.1, -0.05) is 63.8 Å². The van der Waals surface area contributed by atoms with Crippen LogP contribution in [0.2, 0.25) is 0 Å². The second kappa shape index (κ2) is 14.4. The highest BCUT2D eigenvalue weighted by atomic mass is 16.4. The fourth-order valence-corrected chi connectivity index (χ4v) is 4.44. The first kappa shape index (κ1) is 28.2. The fraction of sp³-hybridized carbons (Fsp3) is 0.517. The number of phenols is 2. The highest BCUT2D eigenvalue weighted by Crippen LogP contribution is 2.34. The molecule has 0 bridgehead atoms. The molecular formula is C29H40O6. The Bertz CT molecular complexity index is 916. The predicted molar refractivity (Wildman–Crippen MR) is 137 cm³/mol. The first-order chi connectivity index (χ1) is 16.7. The number of carbonyl (C=O) groups is 2. The van der Waals surface area contributed by atoms with Crippen LogP contribution in [0.25, 0.3) is 0 Å². The van der Waals surface area contributed by atoms with Gasteiger partial charge in [-0.2, -0.15) is 0 Å². The van der Waals surface area contributed by atoms with Crippen molar-refractivity contribution in [3.63, 3.8) is 0 Å². The molecular weight excluding hydrogens is 444 g/mol. The van der Waals surface area contributed by atoms with Gasteiger partial charge in [0.25, 0.3) is 0 Å². The zero-order valence-electron chi connectivity index (χ0n) is 21.1. The summed E-state index contributed by atoms with van der Waals surface area (Å²) in [5.41, 5.74) is 4.64. The third-order valence-electron chi connectivity index (χ3n) is 6.39. The highest BCUT2D eigenvalue weighted by molar-refractivity contribution is 5.67. The number of benzene rings is 2. The van der Waals surface area contributed by atoms with Gasteiger partial charge in [-0.15, -0.1) is 0 Å². The second-order valence-corrected chi connectivity index (χ2v) is 9.40. The Morgan fingerprint density at radius 3 is 1.31 bits per heavy atom. The molecule has 0 spiro atoms. The minimum atomic E-state index is -0.868. The molecule has 0 unspecified atom stereocenters. The number of carboxylic acids is 2. The summed E-state index contributed by atoms with van der Waals surface area (Å²) in [5.74, 6) is -1.34. The number of hydrogen-bond donors (Lipinski definition) is 4. The topological polar surface area (TPSA) is 115 Å². The lowest BCUT2D eigenvalue weighted by Gasteiger charge is -2.16. The van der Waals surface area contributed by atoms with E-state index in [0.29, 0.717) is 43.2 Å². The first-order valence-corrected chi connectivity index (χ1v) is 12.9. The quantitative estimate of drug-likeness (QED) is 0.211. The number of unbranched alkanes of at least 4 members (excludes halogenated alkanes) is 4. The Hall–Kier alpha value is -3.02. The van der Waals surface area contributed by atoms with Crippen LogP contribution < -0.4 is 0 Å². The summed E-state index contributed by atoms with van der Waals surface area (Å²) < 4.78 is 0. The van der Waals surface area contributed by atoms with Gasteiger partial charge in [-0.3, -0.25) is 9.59 Å². The van der Waals surface area contributed by atoms with E-state index in [1.807, 2.05) is 24.3 Å². The third-order valence-corrected chi connectivity index (χ3v) is 6.39. The Kier molecular flexibility index (Phi) is 11.6. The Morgan fingerprint density at radius 2 is 0.971 bits per heavy atom. The number of aromatic hydroxyl groups is 2. The summed E-state index contributed by atoms with van der Waals surface area (Å²) >= 11 is 0. The van der Waals surface area contributed by atoms with E-state index in [1.54, 1.807) is 0 Å². The molecule has 0 heterocycles. The van der Waals surface area contributed by atoms with E-state index < -0.39 is 11.9 Å². The number of carboxylic acid groups (broad SMARTS) is 2. The van der Waals surface area contributed by atoms with Crippen LogP contribution in [0.5, 0.6) is 11.5 Å². The van der Waals surface area contributed by atoms with Gasteiger partial charge < -0.3 is 20.4 Å². The van der Waals surface area contributed by atoms with Crippen LogP contribution >= 0.6 is 0 Å². The monoisotopic (exact) mass is 484 g/mol. The lowest BCUT2D eigenvalue weighted by molar-refractivity contribution is -0.138. The molecule has 0 saturated carbocycles. The largest absolute Gasteiger partial charge is 0.507 e. The van der Waals surface area contributed by atoms with E-state index in [1.165, 1.54) is 0 Å². The van der Waals surface area contributed by atoms with Crippen molar-refractivity contribution in [1.82, 2.24) is 0 Å². The van der Waals surface area contributed by atoms with Crippen LogP contribution in [0.1, 0.15) is 98.6 Å². The van der Waals surface area contributed by atoms with E-state index in [9.17, 15) is 19.8 Å². The van der Waals surface area contributed by atoms with Crippen LogP contribution in [-0.2, 0) is 41.7 Å². The minimum Gasteiger partial charge on any atom is -0.507 e. The summed E-state index contributed by atoms with van der Waals surface area (Å²) in [4.78, 5) is 22.2. The molecule has 2 aromatic carbocycles. The molecule has 6 heteroatoms. The van der Waals surface area contributed by atoms with Gasteiger partial charge in [0, 0.05) is 19.3 Å². The number of phenolic OH excluding ortho intramolecular Hbond substituents is 2. The standard InChI is InChI=1S/C29H40O6/c1-3-5-7-9-22-15-20(11-13-26(30)31)17-24(28(22)34)19-25-18-21(12-14-27(32)33)16-23(29(25)35)10-8-6-4-2/h15-18,34-35H,3-14,19H2,1-2H3,(H,30,31)(H,32,33). The van der Waals surface area contributed by atoms with Gasteiger partial charge in [-0.25, -0.2) is 0 Å². The van der Waals surface area contributed by atoms with Crippen molar-refractivity contribution in [3.05, 3.63) is 57.6 Å². The summed E-state index contributed by atoms with van der Waals surface area (Å²) in [6.07, 6.45) is 8.55. The Balaban J connectivity index is 2.44. The van der Waals surface area contributed by atoms with Gasteiger partial charge in [0.05, 0.1) is 0 Å². The SMILES string of the molecule is CCCCCc1cc(CCC(=O)O)cc(Cc2cc(CCC(=O)O)cc(CCCCC)c2O)c1O. The van der Waals surface area contributed by atoms with Crippen molar-refractivity contribution in [2.75, 3.05) is 0 Å². The molecule has 4 N–H and O–H groups in total. The molecule has 0 amide bonds. The van der Waals surface area contributed by atoms with Crippen molar-refractivity contribution >= 4 is 11.9 Å². The van der Waals surface area contributed by atoms with Gasteiger partial charge >= 0.3 is 11.9 Å². The number of aryl methyl sites for hydroxylation is 4. The van der Waals surface area contributed by atoms with Crippen molar-refractivity contribution in [3.8, 4) is 11.5 Å². The molecule has 0 aliphatic heterocycles. The van der Waals surface area contributed by atoms with Gasteiger partial charge in [0.1, 0.15) is 11.5 Å². The van der Waals surface area contributed by atoms with Crippen LogP contribution in [0.15, 0.2) is 24.3 Å².